The normalized spacial score (nSPS) is 11.4. The van der Waals surface area contributed by atoms with Gasteiger partial charge in [-0.25, -0.2) is 4.39 Å². The van der Waals surface area contributed by atoms with Gasteiger partial charge in [-0.3, -0.25) is 0 Å². The van der Waals surface area contributed by atoms with E-state index in [2.05, 4.69) is 0 Å². The predicted molar refractivity (Wildman–Crippen MR) is 70.9 cm³/mol. The van der Waals surface area contributed by atoms with Crippen molar-refractivity contribution in [3.63, 3.8) is 0 Å². The third kappa shape index (κ3) is 3.66. The van der Waals surface area contributed by atoms with E-state index in [1.807, 2.05) is 0 Å². The monoisotopic (exact) mass is 303 g/mol. The third-order valence-corrected chi connectivity index (χ3v) is 2.85. The molecule has 0 aliphatic carbocycles. The van der Waals surface area contributed by atoms with Crippen molar-refractivity contribution in [2.45, 2.75) is 6.61 Å². The topological polar surface area (TPSA) is 9.23 Å². The zero-order chi connectivity index (χ0) is 14.8. The lowest BCUT2D eigenvalue weighted by atomic mass is 9.80. The molecule has 0 aromatic heterocycles. The van der Waals surface area contributed by atoms with Crippen LogP contribution in [0, 0.1) is 5.82 Å². The van der Waals surface area contributed by atoms with Crippen molar-refractivity contribution in [3.05, 3.63) is 58.9 Å². The zero-order valence-corrected chi connectivity index (χ0v) is 10.9. The molecule has 0 atom stereocenters. The van der Waals surface area contributed by atoms with Crippen molar-refractivity contribution in [1.29, 1.82) is 0 Å². The van der Waals surface area contributed by atoms with Crippen molar-refractivity contribution in [2.75, 3.05) is 0 Å². The number of rotatable bonds is 4. The van der Waals surface area contributed by atoms with Crippen LogP contribution in [0.2, 0.25) is 5.02 Å². The summed E-state index contributed by atoms with van der Waals surface area (Å²) >= 11 is 5.77. The fraction of sp³-hybridized carbons (Fsp3) is 0.0769. The van der Waals surface area contributed by atoms with E-state index in [4.69, 9.17) is 16.3 Å². The molecule has 7 heteroatoms. The highest BCUT2D eigenvalue weighted by molar-refractivity contribution is 6.73. The number of hydrogen-bond donors (Lipinski definition) is 0. The van der Waals surface area contributed by atoms with Crippen LogP contribution in [0.1, 0.15) is 5.56 Å². The van der Waals surface area contributed by atoms with Crippen LogP contribution >= 0.6 is 11.6 Å². The Morgan fingerprint density at radius 1 is 1.05 bits per heavy atom. The van der Waals surface area contributed by atoms with Gasteiger partial charge < -0.3 is 17.7 Å². The molecule has 2 rings (SSSR count). The fourth-order valence-corrected chi connectivity index (χ4v) is 1.83. The molecule has 20 heavy (non-hydrogen) atoms. The van der Waals surface area contributed by atoms with Gasteiger partial charge in [-0.2, -0.15) is 0 Å². The lowest BCUT2D eigenvalue weighted by Gasteiger charge is -2.16. The molecule has 1 nitrogen and oxygen atoms in total. The minimum absolute atomic E-state index is 0.0637. The van der Waals surface area contributed by atoms with E-state index in [-0.39, 0.29) is 6.61 Å². The molecule has 0 bridgehead atoms. The fourth-order valence-electron chi connectivity index (χ4n) is 1.62. The van der Waals surface area contributed by atoms with Gasteiger partial charge in [0.1, 0.15) is 6.61 Å². The van der Waals surface area contributed by atoms with Gasteiger partial charge in [-0.1, -0.05) is 29.8 Å². The molecule has 0 aliphatic heterocycles. The first-order valence-electron chi connectivity index (χ1n) is 5.73. The Bertz CT molecular complexity index is 616. The Balaban J connectivity index is 2.17. The standard InChI is InChI=1S/C13H9BClF4O/c15-11-3-1-2-9(6-11)8-20-13-7-10(14(17,18)19)4-5-12(13)16/h1-7H,8H2/q-1. The van der Waals surface area contributed by atoms with E-state index in [0.717, 1.165) is 6.07 Å². The van der Waals surface area contributed by atoms with Gasteiger partial charge in [0.05, 0.1) is 0 Å². The van der Waals surface area contributed by atoms with E-state index in [9.17, 15) is 17.3 Å². The quantitative estimate of drug-likeness (QED) is 0.610. The van der Waals surface area contributed by atoms with Gasteiger partial charge in [-0.05, 0) is 29.8 Å². The third-order valence-electron chi connectivity index (χ3n) is 2.62. The molecule has 0 heterocycles. The Morgan fingerprint density at radius 2 is 1.80 bits per heavy atom. The highest BCUT2D eigenvalue weighted by Gasteiger charge is 2.26. The summed E-state index contributed by atoms with van der Waals surface area (Å²) in [6.07, 6.45) is 0. The molecule has 0 saturated heterocycles. The second-order valence-corrected chi connectivity index (χ2v) is 4.62. The van der Waals surface area contributed by atoms with Crippen LogP contribution in [0.25, 0.3) is 0 Å². The first-order valence-corrected chi connectivity index (χ1v) is 6.11. The molecule has 0 fully saturated rings. The lowest BCUT2D eigenvalue weighted by Crippen LogP contribution is -2.34. The van der Waals surface area contributed by atoms with Crippen molar-refractivity contribution < 1.29 is 22.1 Å². The van der Waals surface area contributed by atoms with Gasteiger partial charge in [0.2, 0.25) is 0 Å². The molecule has 0 saturated carbocycles. The van der Waals surface area contributed by atoms with Crippen LogP contribution in [-0.2, 0) is 6.61 Å². The van der Waals surface area contributed by atoms with Crippen molar-refractivity contribution in [1.82, 2.24) is 0 Å². The molecule has 106 valence electrons. The van der Waals surface area contributed by atoms with Crippen molar-refractivity contribution in [2.24, 2.45) is 0 Å². The van der Waals surface area contributed by atoms with Crippen LogP contribution in [0.4, 0.5) is 17.3 Å². The maximum atomic E-state index is 13.4. The van der Waals surface area contributed by atoms with Crippen LogP contribution in [0.5, 0.6) is 5.75 Å². The maximum Gasteiger partial charge on any atom is 0.509 e. The molecular formula is C13H9BClF4O-. The summed E-state index contributed by atoms with van der Waals surface area (Å²) in [4.78, 5) is 0. The first-order chi connectivity index (χ1) is 9.36. The summed E-state index contributed by atoms with van der Waals surface area (Å²) in [6.45, 7) is -5.25. The molecular weight excluding hydrogens is 294 g/mol. The van der Waals surface area contributed by atoms with E-state index in [0.29, 0.717) is 22.7 Å². The van der Waals surface area contributed by atoms with Crippen molar-refractivity contribution >= 4 is 24.0 Å². The molecule has 2 aromatic carbocycles. The molecule has 0 unspecified atom stereocenters. The summed E-state index contributed by atoms with van der Waals surface area (Å²) in [5, 5.41) is 0.471. The van der Waals surface area contributed by atoms with Crippen molar-refractivity contribution in [3.8, 4) is 5.75 Å². The average Bonchev–Trinajstić information content (AvgIpc) is 2.36. The first kappa shape index (κ1) is 14.7. The molecule has 0 aliphatic rings. The lowest BCUT2D eigenvalue weighted by molar-refractivity contribution is 0.290. The van der Waals surface area contributed by atoms with Gasteiger partial charge in [0.15, 0.2) is 11.6 Å². The van der Waals surface area contributed by atoms with Gasteiger partial charge >= 0.3 is 6.98 Å². The van der Waals surface area contributed by atoms with E-state index in [1.54, 1.807) is 24.3 Å². The number of benzene rings is 2. The molecule has 0 amide bonds. The summed E-state index contributed by atoms with van der Waals surface area (Å²) in [7, 11) is 0. The highest BCUT2D eigenvalue weighted by atomic mass is 35.5. The average molecular weight is 303 g/mol. The Kier molecular flexibility index (Phi) is 4.23. The summed E-state index contributed by atoms with van der Waals surface area (Å²) in [5.41, 5.74) is -0.257. The number of hydrogen-bond acceptors (Lipinski definition) is 1. The zero-order valence-electron chi connectivity index (χ0n) is 10.1. The van der Waals surface area contributed by atoms with Crippen LogP contribution in [0.3, 0.4) is 0 Å². The summed E-state index contributed by atoms with van der Waals surface area (Å²) < 4.78 is 56.3. The largest absolute Gasteiger partial charge is 0.509 e. The van der Waals surface area contributed by atoms with E-state index in [1.165, 1.54) is 0 Å². The highest BCUT2D eigenvalue weighted by Crippen LogP contribution is 2.20. The van der Waals surface area contributed by atoms with Crippen LogP contribution in [-0.4, -0.2) is 6.98 Å². The second kappa shape index (κ2) is 5.75. The molecule has 0 N–H and O–H groups in total. The minimum Gasteiger partial charge on any atom is -0.486 e. The van der Waals surface area contributed by atoms with Crippen LogP contribution in [0.15, 0.2) is 42.5 Å². The number of ether oxygens (including phenoxy) is 1. The van der Waals surface area contributed by atoms with E-state index < -0.39 is 24.0 Å². The predicted octanol–water partition coefficient (Wildman–Crippen LogP) is 4.11. The Labute approximate surface area is 118 Å². The van der Waals surface area contributed by atoms with Gasteiger partial charge in [0.25, 0.3) is 0 Å². The maximum absolute atomic E-state index is 13.4. The Hall–Kier alpha value is -1.69. The van der Waals surface area contributed by atoms with Crippen LogP contribution < -0.4 is 10.2 Å². The summed E-state index contributed by atoms with van der Waals surface area (Å²) in [5.74, 6) is -1.27. The second-order valence-electron chi connectivity index (χ2n) is 4.18. The summed E-state index contributed by atoms with van der Waals surface area (Å²) in [6, 6.07) is 8.71. The number of halogens is 5. The smallest absolute Gasteiger partial charge is 0.486 e. The molecule has 0 radical (unpaired) electrons. The van der Waals surface area contributed by atoms with E-state index >= 15 is 0 Å². The van der Waals surface area contributed by atoms with Gasteiger partial charge in [-0.15, -0.1) is 5.46 Å². The molecule has 0 spiro atoms. The minimum atomic E-state index is -5.18. The SMILES string of the molecule is Fc1ccc([B-](F)(F)F)cc1OCc1cccc(Cl)c1. The Morgan fingerprint density at radius 3 is 2.45 bits per heavy atom. The van der Waals surface area contributed by atoms with Gasteiger partial charge in [0, 0.05) is 5.02 Å². The molecule has 2 aromatic rings.